The third kappa shape index (κ3) is 7.53. The summed E-state index contributed by atoms with van der Waals surface area (Å²) < 4.78 is 17.5. The molecule has 0 bridgehead atoms. The summed E-state index contributed by atoms with van der Waals surface area (Å²) in [4.78, 5) is 14.6. The van der Waals surface area contributed by atoms with Crippen LogP contribution in [-0.2, 0) is 19.0 Å². The van der Waals surface area contributed by atoms with Crippen LogP contribution in [0.25, 0.3) is 0 Å². The molecule has 1 amide bonds. The smallest absolute Gasteiger partial charge is 0.225 e. The second-order valence-corrected chi connectivity index (χ2v) is 9.04. The summed E-state index contributed by atoms with van der Waals surface area (Å²) in [5.74, 6) is 0.505. The number of rotatable bonds is 9. The van der Waals surface area contributed by atoms with Crippen molar-refractivity contribution in [3.63, 3.8) is 0 Å². The molecule has 2 fully saturated rings. The number of hydrogen-bond acceptors (Lipinski definition) is 4. The van der Waals surface area contributed by atoms with E-state index in [1.165, 1.54) is 0 Å². The summed E-state index contributed by atoms with van der Waals surface area (Å²) >= 11 is 0. The molecule has 1 aliphatic carbocycles. The van der Waals surface area contributed by atoms with E-state index in [1.54, 1.807) is 0 Å². The quantitative estimate of drug-likeness (QED) is 0.580. The maximum Gasteiger partial charge on any atom is 0.225 e. The minimum Gasteiger partial charge on any atom is -0.378 e. The minimum atomic E-state index is -0.0540. The van der Waals surface area contributed by atoms with Crippen molar-refractivity contribution in [2.24, 2.45) is 5.92 Å². The van der Waals surface area contributed by atoms with Crippen LogP contribution in [0.3, 0.4) is 0 Å². The van der Waals surface area contributed by atoms with Crippen molar-refractivity contribution in [3.8, 4) is 0 Å². The molecule has 0 aromatic heterocycles. The highest BCUT2D eigenvalue weighted by Gasteiger charge is 2.38. The highest BCUT2D eigenvalue weighted by molar-refractivity contribution is 5.80. The van der Waals surface area contributed by atoms with Gasteiger partial charge in [0.25, 0.3) is 0 Å². The third-order valence-electron chi connectivity index (χ3n) is 5.09. The van der Waals surface area contributed by atoms with E-state index in [-0.39, 0.29) is 23.7 Å². The number of piperidine rings is 1. The monoisotopic (exact) mass is 369 g/mol. The van der Waals surface area contributed by atoms with E-state index in [1.807, 2.05) is 4.90 Å². The molecular weight excluding hydrogens is 330 g/mol. The van der Waals surface area contributed by atoms with E-state index in [2.05, 4.69) is 34.6 Å². The first-order chi connectivity index (χ1) is 12.2. The molecular formula is C21H39NO4. The lowest BCUT2D eigenvalue weighted by Crippen LogP contribution is -2.48. The minimum absolute atomic E-state index is 0.0540. The van der Waals surface area contributed by atoms with Crippen molar-refractivity contribution >= 4 is 5.91 Å². The van der Waals surface area contributed by atoms with Gasteiger partial charge in [-0.1, -0.05) is 0 Å². The Hall–Kier alpha value is -0.650. The number of likely N-dealkylation sites (tertiary alicyclic amines) is 1. The first-order valence-electron chi connectivity index (χ1n) is 10.4. The lowest BCUT2D eigenvalue weighted by atomic mass is 9.80. The van der Waals surface area contributed by atoms with Crippen LogP contribution >= 0.6 is 0 Å². The highest BCUT2D eigenvalue weighted by Crippen LogP contribution is 2.33. The maximum absolute atomic E-state index is 12.5. The maximum atomic E-state index is 12.5. The summed E-state index contributed by atoms with van der Waals surface area (Å²) in [6.07, 6.45) is 6.63. The molecule has 1 heterocycles. The van der Waals surface area contributed by atoms with Crippen LogP contribution in [0.2, 0.25) is 0 Å². The Morgan fingerprint density at radius 3 is 2.23 bits per heavy atom. The standard InChI is InChI=1S/C21H39NO4/c1-16(2)26-19-14-17(15-19)20(23)22-10-8-18(9-11-22)24-12-6-7-13-25-21(3,4)5/h16-19H,6-15H2,1-5H3. The molecule has 0 aromatic rings. The SMILES string of the molecule is CC(C)OC1CC(C(=O)N2CCC(OCCCCOC(C)(C)C)CC2)C1. The molecule has 0 unspecified atom stereocenters. The van der Waals surface area contributed by atoms with Gasteiger partial charge in [-0.15, -0.1) is 0 Å². The largest absolute Gasteiger partial charge is 0.378 e. The summed E-state index contributed by atoms with van der Waals surface area (Å²) in [6.45, 7) is 13.6. The number of unbranched alkanes of at least 4 members (excludes halogenated alkanes) is 1. The average Bonchev–Trinajstić information content (AvgIpc) is 2.52. The topological polar surface area (TPSA) is 48.0 Å². The Bertz CT molecular complexity index is 418. The van der Waals surface area contributed by atoms with Gasteiger partial charge in [0.15, 0.2) is 0 Å². The fourth-order valence-corrected chi connectivity index (χ4v) is 3.60. The van der Waals surface area contributed by atoms with Gasteiger partial charge in [-0.3, -0.25) is 4.79 Å². The molecule has 0 spiro atoms. The molecule has 2 aliphatic rings. The van der Waals surface area contributed by atoms with Gasteiger partial charge in [0.1, 0.15) is 0 Å². The zero-order valence-corrected chi connectivity index (χ0v) is 17.5. The lowest BCUT2D eigenvalue weighted by molar-refractivity contribution is -0.149. The van der Waals surface area contributed by atoms with Crippen molar-refractivity contribution in [2.75, 3.05) is 26.3 Å². The van der Waals surface area contributed by atoms with E-state index >= 15 is 0 Å². The van der Waals surface area contributed by atoms with Crippen molar-refractivity contribution in [1.82, 2.24) is 4.90 Å². The van der Waals surface area contributed by atoms with Gasteiger partial charge in [-0.25, -0.2) is 0 Å². The average molecular weight is 370 g/mol. The fraction of sp³-hybridized carbons (Fsp3) is 0.952. The van der Waals surface area contributed by atoms with Gasteiger partial charge >= 0.3 is 0 Å². The molecule has 1 saturated heterocycles. The number of ether oxygens (including phenoxy) is 3. The first-order valence-corrected chi connectivity index (χ1v) is 10.4. The molecule has 0 atom stereocenters. The molecule has 2 rings (SSSR count). The van der Waals surface area contributed by atoms with Crippen LogP contribution in [0.4, 0.5) is 0 Å². The summed E-state index contributed by atoms with van der Waals surface area (Å²) in [5.41, 5.74) is -0.0540. The summed E-state index contributed by atoms with van der Waals surface area (Å²) in [6, 6.07) is 0. The Labute approximate surface area is 159 Å². The normalized spacial score (nSPS) is 24.8. The van der Waals surface area contributed by atoms with Gasteiger partial charge in [-0.2, -0.15) is 0 Å². The molecule has 0 aromatic carbocycles. The van der Waals surface area contributed by atoms with E-state index in [0.29, 0.717) is 12.0 Å². The third-order valence-corrected chi connectivity index (χ3v) is 5.09. The second kappa shape index (κ2) is 10.0. The van der Waals surface area contributed by atoms with Gasteiger partial charge in [-0.05, 0) is 73.1 Å². The van der Waals surface area contributed by atoms with E-state index in [4.69, 9.17) is 14.2 Å². The van der Waals surface area contributed by atoms with Gasteiger partial charge < -0.3 is 19.1 Å². The van der Waals surface area contributed by atoms with Crippen LogP contribution in [0.5, 0.6) is 0 Å². The Balaban J connectivity index is 1.52. The van der Waals surface area contributed by atoms with E-state index in [0.717, 1.165) is 64.8 Å². The van der Waals surface area contributed by atoms with Crippen molar-refractivity contribution in [1.29, 1.82) is 0 Å². The Morgan fingerprint density at radius 1 is 1.04 bits per heavy atom. The number of carbonyl (C=O) groups is 1. The Kier molecular flexibility index (Phi) is 8.37. The van der Waals surface area contributed by atoms with Crippen molar-refractivity contribution in [3.05, 3.63) is 0 Å². The molecule has 5 heteroatoms. The van der Waals surface area contributed by atoms with Gasteiger partial charge in [0, 0.05) is 32.2 Å². The fourth-order valence-electron chi connectivity index (χ4n) is 3.60. The van der Waals surface area contributed by atoms with Crippen LogP contribution in [0.1, 0.15) is 73.1 Å². The van der Waals surface area contributed by atoms with Crippen LogP contribution in [0, 0.1) is 5.92 Å². The van der Waals surface area contributed by atoms with Crippen LogP contribution in [-0.4, -0.2) is 61.0 Å². The number of hydrogen-bond donors (Lipinski definition) is 0. The lowest BCUT2D eigenvalue weighted by Gasteiger charge is -2.40. The van der Waals surface area contributed by atoms with Crippen molar-refractivity contribution in [2.45, 2.75) is 97.1 Å². The molecule has 26 heavy (non-hydrogen) atoms. The molecule has 1 saturated carbocycles. The molecule has 5 nitrogen and oxygen atoms in total. The number of nitrogens with zero attached hydrogens (tertiary/aromatic N) is 1. The van der Waals surface area contributed by atoms with Gasteiger partial charge in [0.2, 0.25) is 5.91 Å². The summed E-state index contributed by atoms with van der Waals surface area (Å²) in [5, 5.41) is 0. The molecule has 1 aliphatic heterocycles. The molecule has 0 radical (unpaired) electrons. The predicted octanol–water partition coefficient (Wildman–Crippen LogP) is 3.79. The zero-order chi connectivity index (χ0) is 19.2. The van der Waals surface area contributed by atoms with Crippen LogP contribution in [0.15, 0.2) is 0 Å². The summed E-state index contributed by atoms with van der Waals surface area (Å²) in [7, 11) is 0. The number of amides is 1. The van der Waals surface area contributed by atoms with Crippen LogP contribution < -0.4 is 0 Å². The van der Waals surface area contributed by atoms with Crippen molar-refractivity contribution < 1.29 is 19.0 Å². The zero-order valence-electron chi connectivity index (χ0n) is 17.5. The number of carbonyl (C=O) groups excluding carboxylic acids is 1. The first kappa shape index (κ1) is 21.6. The Morgan fingerprint density at radius 2 is 1.65 bits per heavy atom. The van der Waals surface area contributed by atoms with E-state index in [9.17, 15) is 4.79 Å². The predicted molar refractivity (Wildman–Crippen MR) is 103 cm³/mol. The molecule has 152 valence electrons. The van der Waals surface area contributed by atoms with E-state index < -0.39 is 0 Å². The highest BCUT2D eigenvalue weighted by atomic mass is 16.5. The molecule has 0 N–H and O–H groups in total. The van der Waals surface area contributed by atoms with Gasteiger partial charge in [0.05, 0.1) is 23.9 Å². The second-order valence-electron chi connectivity index (χ2n) is 9.04.